The van der Waals surface area contributed by atoms with Crippen molar-refractivity contribution in [3.63, 3.8) is 0 Å². The molecule has 0 aliphatic rings. The van der Waals surface area contributed by atoms with E-state index in [9.17, 15) is 0 Å². The summed E-state index contributed by atoms with van der Waals surface area (Å²) in [4.78, 5) is 9.83. The minimum absolute atomic E-state index is 0. The maximum atomic E-state index is 5.23. The van der Waals surface area contributed by atoms with Gasteiger partial charge in [-0.1, -0.05) is 162 Å². The molecule has 3 heteroatoms. The zero-order valence-electron chi connectivity index (χ0n) is 43.3. The van der Waals surface area contributed by atoms with E-state index in [0.717, 1.165) is 33.8 Å². The van der Waals surface area contributed by atoms with Crippen LogP contribution >= 0.6 is 0 Å². The molecule has 0 fully saturated rings. The van der Waals surface area contributed by atoms with Crippen molar-refractivity contribution >= 4 is 21.5 Å². The Morgan fingerprint density at radius 3 is 1.06 bits per heavy atom. The summed E-state index contributed by atoms with van der Waals surface area (Å²) in [7, 11) is 0. The minimum atomic E-state index is 0. The average molecular weight is 985 g/mol. The molecule has 0 amide bonds. The third-order valence-electron chi connectivity index (χ3n) is 12.2. The summed E-state index contributed by atoms with van der Waals surface area (Å²) >= 11 is 0. The van der Waals surface area contributed by atoms with Gasteiger partial charge in [0.1, 0.15) is 0 Å². The number of hydrogen-bond acceptors (Lipinski definition) is 1. The SMILES string of the molecule is CC(C)(C)c1cc(-c2c3cc(C(C)(C)C)ccc3c(-c3ccc(-c4ccccn4)[n-]3)c3ccc(C(C)(C)C)cc23)cc(C(C)(C)C)c1.[CH2-]c1ccccc1.[CH2-]c1ccccc1.[CH2-]c1ccccc1.[Zr+4]. The van der Waals surface area contributed by atoms with Crippen LogP contribution in [0, 0.1) is 20.8 Å². The van der Waals surface area contributed by atoms with Crippen molar-refractivity contribution < 1.29 is 26.2 Å². The predicted molar refractivity (Wildman–Crippen MR) is 296 cm³/mol. The molecule has 69 heavy (non-hydrogen) atoms. The van der Waals surface area contributed by atoms with E-state index in [1.54, 1.807) is 0 Å². The predicted octanol–water partition coefficient (Wildman–Crippen LogP) is 18.1. The number of hydrogen-bond donors (Lipinski definition) is 0. The van der Waals surface area contributed by atoms with E-state index in [4.69, 9.17) is 4.98 Å². The molecule has 2 heterocycles. The third kappa shape index (κ3) is 14.3. The fourth-order valence-corrected chi connectivity index (χ4v) is 7.98. The van der Waals surface area contributed by atoms with Gasteiger partial charge in [0, 0.05) is 11.9 Å². The van der Waals surface area contributed by atoms with Gasteiger partial charge in [-0.15, -0.1) is 47.8 Å². The van der Waals surface area contributed by atoms with E-state index in [2.05, 4.69) is 176 Å². The number of benzene rings is 7. The molecule has 0 saturated heterocycles. The number of pyridine rings is 1. The van der Waals surface area contributed by atoms with Crippen molar-refractivity contribution in [3.05, 3.63) is 242 Å². The standard InChI is InChI=1S/C45H51N2.3C7H7.Zr/c1-42(2,3)29-16-18-33-35(26-29)40(28-23-31(44(7,8)9)25-32(24-28)45(10,11)12)36-27-30(43(4,5)6)17-19-34(36)41(33)39-21-20-38(47-39)37-15-13-14-22-46-37;3*1-7-5-3-2-4-6-7;/h13-27H,1-12H3;3*2-6H,1H2;/q4*-1;+4. The summed E-state index contributed by atoms with van der Waals surface area (Å²) in [6, 6.07) is 61.5. The topological polar surface area (TPSA) is 27.0 Å². The van der Waals surface area contributed by atoms with E-state index in [1.165, 1.54) is 60.5 Å². The Morgan fingerprint density at radius 2 is 0.725 bits per heavy atom. The first kappa shape index (κ1) is 53.9. The summed E-state index contributed by atoms with van der Waals surface area (Å²) in [5, 5.41) is 5.01. The van der Waals surface area contributed by atoms with Crippen LogP contribution in [0.25, 0.3) is 55.3 Å². The Kier molecular flexibility index (Phi) is 17.7. The molecule has 9 rings (SSSR count). The van der Waals surface area contributed by atoms with Gasteiger partial charge in [-0.25, -0.2) is 0 Å². The number of aromatic nitrogens is 2. The quantitative estimate of drug-likeness (QED) is 0.130. The maximum absolute atomic E-state index is 5.23. The van der Waals surface area contributed by atoms with E-state index in [-0.39, 0.29) is 47.9 Å². The minimum Gasteiger partial charge on any atom is -0.656 e. The van der Waals surface area contributed by atoms with Crippen molar-refractivity contribution in [2.45, 2.75) is 105 Å². The van der Waals surface area contributed by atoms with Gasteiger partial charge in [-0.3, -0.25) is 4.98 Å². The Balaban J connectivity index is 0.000000329. The van der Waals surface area contributed by atoms with Crippen molar-refractivity contribution in [3.8, 4) is 33.8 Å². The van der Waals surface area contributed by atoms with Crippen molar-refractivity contribution in [2.75, 3.05) is 0 Å². The van der Waals surface area contributed by atoms with Crippen molar-refractivity contribution in [1.29, 1.82) is 0 Å². The zero-order chi connectivity index (χ0) is 49.4. The molecule has 350 valence electrons. The normalized spacial score (nSPS) is 11.5. The molecule has 0 saturated carbocycles. The Hall–Kier alpha value is -6.02. The van der Waals surface area contributed by atoms with E-state index in [0.29, 0.717) is 0 Å². The number of rotatable bonds is 3. The molecule has 9 aromatic rings. The maximum Gasteiger partial charge on any atom is 4.00 e. The van der Waals surface area contributed by atoms with Gasteiger partial charge < -0.3 is 4.98 Å². The largest absolute Gasteiger partial charge is 4.00 e. The Morgan fingerprint density at radius 1 is 0.348 bits per heavy atom. The Labute approximate surface area is 435 Å². The molecule has 0 spiro atoms. The second kappa shape index (κ2) is 22.6. The second-order valence-electron chi connectivity index (χ2n) is 22.0. The number of fused-ring (bicyclic) bond motifs is 2. The van der Waals surface area contributed by atoms with Gasteiger partial charge in [-0.2, -0.15) is 73.9 Å². The molecule has 2 aromatic heterocycles. The third-order valence-corrected chi connectivity index (χ3v) is 12.2. The first-order valence-corrected chi connectivity index (χ1v) is 23.9. The molecule has 0 aliphatic carbocycles. The first-order chi connectivity index (χ1) is 32.0. The first-order valence-electron chi connectivity index (χ1n) is 23.9. The Bertz CT molecular complexity index is 2830. The molecule has 0 aliphatic heterocycles. The van der Waals surface area contributed by atoms with Crippen LogP contribution in [-0.2, 0) is 47.9 Å². The molecule has 0 N–H and O–H groups in total. The molecule has 0 unspecified atom stereocenters. The molecule has 0 radical (unpaired) electrons. The summed E-state index contributed by atoms with van der Waals surface area (Å²) < 4.78 is 0. The smallest absolute Gasteiger partial charge is 0.656 e. The van der Waals surface area contributed by atoms with Crippen LogP contribution in [0.1, 0.15) is 122 Å². The molecular weight excluding hydrogens is 912 g/mol. The van der Waals surface area contributed by atoms with Gasteiger partial charge in [0.2, 0.25) is 0 Å². The van der Waals surface area contributed by atoms with Gasteiger partial charge in [-0.05, 0) is 106 Å². The van der Waals surface area contributed by atoms with Crippen LogP contribution in [0.15, 0.2) is 182 Å². The summed E-state index contributed by atoms with van der Waals surface area (Å²) in [6.07, 6.45) is 1.84. The summed E-state index contributed by atoms with van der Waals surface area (Å²) in [5.41, 5.74) is 15.2. The fraction of sp³-hybridized carbons (Fsp3) is 0.242. The van der Waals surface area contributed by atoms with Crippen molar-refractivity contribution in [2.24, 2.45) is 0 Å². The van der Waals surface area contributed by atoms with Crippen LogP contribution in [0.2, 0.25) is 0 Å². The molecule has 7 aromatic carbocycles. The van der Waals surface area contributed by atoms with Gasteiger partial charge >= 0.3 is 26.2 Å². The summed E-state index contributed by atoms with van der Waals surface area (Å²) in [6.45, 7) is 39.0. The molecule has 0 atom stereocenters. The second-order valence-corrected chi connectivity index (χ2v) is 22.0. The average Bonchev–Trinajstić information content (AvgIpc) is 3.78. The van der Waals surface area contributed by atoms with Gasteiger partial charge in [0.05, 0.1) is 0 Å². The monoisotopic (exact) mass is 982 g/mol. The van der Waals surface area contributed by atoms with Crippen LogP contribution in [0.5, 0.6) is 0 Å². The fourth-order valence-electron chi connectivity index (χ4n) is 7.98. The number of nitrogens with zero attached hydrogens (tertiary/aromatic N) is 2. The zero-order valence-corrected chi connectivity index (χ0v) is 45.8. The van der Waals surface area contributed by atoms with Gasteiger partial charge in [0.25, 0.3) is 0 Å². The van der Waals surface area contributed by atoms with E-state index < -0.39 is 0 Å². The molecular formula is C66H72N2Zr. The summed E-state index contributed by atoms with van der Waals surface area (Å²) in [5.74, 6) is 0. The van der Waals surface area contributed by atoms with E-state index in [1.807, 2.05) is 115 Å². The van der Waals surface area contributed by atoms with Crippen molar-refractivity contribution in [1.82, 2.24) is 9.97 Å². The van der Waals surface area contributed by atoms with E-state index >= 15 is 0 Å². The van der Waals surface area contributed by atoms with Crippen LogP contribution < -0.4 is 4.98 Å². The molecule has 0 bridgehead atoms. The van der Waals surface area contributed by atoms with Crippen LogP contribution in [0.4, 0.5) is 0 Å². The van der Waals surface area contributed by atoms with Crippen LogP contribution in [0.3, 0.4) is 0 Å². The van der Waals surface area contributed by atoms with Crippen LogP contribution in [-0.4, -0.2) is 4.98 Å². The van der Waals surface area contributed by atoms with Gasteiger partial charge in [0.15, 0.2) is 0 Å². The molecule has 2 nitrogen and oxygen atoms in total.